The summed E-state index contributed by atoms with van der Waals surface area (Å²) in [5.74, 6) is 0.183. The van der Waals surface area contributed by atoms with Gasteiger partial charge in [-0.3, -0.25) is 4.79 Å². The predicted octanol–water partition coefficient (Wildman–Crippen LogP) is -0.688. The molecule has 25 heavy (non-hydrogen) atoms. The Labute approximate surface area is 166 Å². The van der Waals surface area contributed by atoms with Crippen LogP contribution in [0.3, 0.4) is 0 Å². The smallest absolute Gasteiger partial charge is 1.00 e. The minimum atomic E-state index is -0.541. The number of hydrogen-bond acceptors (Lipinski definition) is 3. The maximum atomic E-state index is 12.3. The molecule has 8 heteroatoms. The van der Waals surface area contributed by atoms with Gasteiger partial charge in [0.25, 0.3) is 5.91 Å². The number of amides is 1. The van der Waals surface area contributed by atoms with Crippen LogP contribution in [0.25, 0.3) is 5.53 Å². The van der Waals surface area contributed by atoms with Gasteiger partial charge in [-0.25, -0.2) is 0 Å². The molecule has 1 aromatic carbocycles. The monoisotopic (exact) mass is 412 g/mol. The first-order chi connectivity index (χ1) is 11.2. The molecular formula is C17H19ClN3O3Zn+. The molecule has 0 radical (unpaired) electrons. The zero-order valence-corrected chi connectivity index (χ0v) is 18.0. The van der Waals surface area contributed by atoms with Crippen molar-refractivity contribution in [3.05, 3.63) is 65.0 Å². The Morgan fingerprint density at radius 1 is 1.24 bits per heavy atom. The van der Waals surface area contributed by atoms with Crippen molar-refractivity contribution in [2.24, 2.45) is 0 Å². The van der Waals surface area contributed by atoms with E-state index in [0.717, 1.165) is 0 Å². The van der Waals surface area contributed by atoms with Crippen LogP contribution >= 0.6 is 0 Å². The first-order valence-corrected chi connectivity index (χ1v) is 7.46. The summed E-state index contributed by atoms with van der Waals surface area (Å²) in [6.07, 6.45) is 2.69. The van der Waals surface area contributed by atoms with Crippen molar-refractivity contribution in [3.63, 3.8) is 0 Å². The van der Waals surface area contributed by atoms with Crippen LogP contribution in [0.4, 0.5) is 0 Å². The number of halogens is 1. The summed E-state index contributed by atoms with van der Waals surface area (Å²) in [6, 6.07) is 8.89. The van der Waals surface area contributed by atoms with Crippen LogP contribution in [-0.2, 0) is 29.0 Å². The van der Waals surface area contributed by atoms with Crippen LogP contribution in [0, 0.1) is 0 Å². The van der Waals surface area contributed by atoms with Crippen molar-refractivity contribution >= 4 is 11.6 Å². The van der Waals surface area contributed by atoms with Crippen molar-refractivity contribution in [1.29, 1.82) is 0 Å². The molecule has 2 rings (SSSR count). The van der Waals surface area contributed by atoms with E-state index in [2.05, 4.69) is 10.1 Å². The quantitative estimate of drug-likeness (QED) is 0.380. The molecule has 1 aromatic rings. The van der Waals surface area contributed by atoms with E-state index in [1.165, 1.54) is 0 Å². The van der Waals surface area contributed by atoms with Crippen molar-refractivity contribution < 1.29 is 50.9 Å². The molecule has 1 amide bonds. The maximum absolute atomic E-state index is 12.3. The van der Waals surface area contributed by atoms with Gasteiger partial charge in [-0.2, -0.15) is 4.79 Å². The Morgan fingerprint density at radius 3 is 2.48 bits per heavy atom. The molecule has 0 fully saturated rings. The third kappa shape index (κ3) is 6.22. The molecule has 0 bridgehead atoms. The van der Waals surface area contributed by atoms with Gasteiger partial charge < -0.3 is 32.7 Å². The van der Waals surface area contributed by atoms with E-state index < -0.39 is 6.10 Å². The zero-order chi connectivity index (χ0) is 16.7. The van der Waals surface area contributed by atoms with Gasteiger partial charge in [0.15, 0.2) is 6.10 Å². The van der Waals surface area contributed by atoms with E-state index in [-0.39, 0.29) is 37.8 Å². The zero-order valence-electron chi connectivity index (χ0n) is 14.2. The first-order valence-electron chi connectivity index (χ1n) is 7.46. The van der Waals surface area contributed by atoms with Gasteiger partial charge in [-0.1, -0.05) is 18.2 Å². The van der Waals surface area contributed by atoms with Gasteiger partial charge in [0.05, 0.1) is 18.4 Å². The third-order valence-corrected chi connectivity index (χ3v) is 3.20. The number of hydrogen-bond donors (Lipinski definition) is 1. The van der Waals surface area contributed by atoms with E-state index in [9.17, 15) is 4.79 Å². The number of carbonyl (C=O) groups excluding carboxylic acids is 1. The van der Waals surface area contributed by atoms with Crippen molar-refractivity contribution in [2.45, 2.75) is 20.0 Å². The minimum absolute atomic E-state index is 0. The molecule has 1 atom stereocenters. The molecule has 1 unspecified atom stereocenters. The van der Waals surface area contributed by atoms with Crippen LogP contribution in [0.5, 0.6) is 0 Å². The Kier molecular flexibility index (Phi) is 10.9. The summed E-state index contributed by atoms with van der Waals surface area (Å²) in [6.45, 7) is 4.54. The molecule has 0 saturated heterocycles. The molecule has 128 valence electrons. The topological polar surface area (TPSA) is 84.0 Å². The molecule has 1 aliphatic rings. The summed E-state index contributed by atoms with van der Waals surface area (Å²) in [4.78, 5) is 15.6. The summed E-state index contributed by atoms with van der Waals surface area (Å²) in [7, 11) is 0. The fourth-order valence-corrected chi connectivity index (χ4v) is 2.17. The molecule has 1 aliphatic carbocycles. The summed E-state index contributed by atoms with van der Waals surface area (Å²) < 4.78 is 11.0. The number of nitrogens with zero attached hydrogens (tertiary/aromatic N) is 2. The van der Waals surface area contributed by atoms with Crippen LogP contribution < -0.4 is 17.7 Å². The summed E-state index contributed by atoms with van der Waals surface area (Å²) in [5, 5.41) is 2.82. The second-order valence-corrected chi connectivity index (χ2v) is 4.74. The van der Waals surface area contributed by atoms with Crippen LogP contribution in [-0.4, -0.2) is 35.7 Å². The number of nitrogens with one attached hydrogen (secondary N) is 1. The van der Waals surface area contributed by atoms with E-state index in [4.69, 9.17) is 15.0 Å². The molecule has 1 N–H and O–H groups in total. The second-order valence-electron chi connectivity index (χ2n) is 4.74. The maximum Gasteiger partial charge on any atom is 2.00 e. The summed E-state index contributed by atoms with van der Waals surface area (Å²) in [5.41, 5.74) is 10.5. The molecular weight excluding hydrogens is 395 g/mol. The number of carbonyl (C=O) groups is 1. The number of rotatable bonds is 6. The fraction of sp³-hybridized carbons (Fsp3) is 0.294. The Morgan fingerprint density at radius 2 is 1.92 bits per heavy atom. The van der Waals surface area contributed by atoms with Gasteiger partial charge in [0, 0.05) is 12.2 Å². The normalized spacial score (nSPS) is 15.6. The van der Waals surface area contributed by atoms with Crippen molar-refractivity contribution in [2.75, 3.05) is 13.2 Å². The van der Waals surface area contributed by atoms with Crippen LogP contribution in [0.2, 0.25) is 0 Å². The van der Waals surface area contributed by atoms with Crippen molar-refractivity contribution in [3.8, 4) is 0 Å². The number of benzene rings is 1. The molecule has 0 saturated carbocycles. The third-order valence-electron chi connectivity index (χ3n) is 3.20. The Balaban J connectivity index is 0.00000288. The van der Waals surface area contributed by atoms with Crippen LogP contribution in [0.1, 0.15) is 24.2 Å². The predicted molar refractivity (Wildman–Crippen MR) is 85.7 cm³/mol. The first kappa shape index (κ1) is 23.2. The van der Waals surface area contributed by atoms with Gasteiger partial charge in [0.1, 0.15) is 5.76 Å². The average Bonchev–Trinajstić information content (AvgIpc) is 2.58. The fourth-order valence-electron chi connectivity index (χ4n) is 2.17. The average molecular weight is 414 g/mol. The van der Waals surface area contributed by atoms with Gasteiger partial charge in [0.2, 0.25) is 0 Å². The van der Waals surface area contributed by atoms with E-state index in [0.29, 0.717) is 35.9 Å². The van der Waals surface area contributed by atoms with Gasteiger partial charge in [-0.15, -0.1) is 0 Å². The van der Waals surface area contributed by atoms with E-state index in [1.807, 2.05) is 19.9 Å². The van der Waals surface area contributed by atoms with E-state index in [1.54, 1.807) is 36.4 Å². The SMILES string of the molecule is CCOC1=CC(=[N+]=[N-])C(OCC)C=C1NC(=O)c1ccccc1.[Cl-].[Zn+2]. The van der Waals surface area contributed by atoms with Gasteiger partial charge >= 0.3 is 25.2 Å². The van der Waals surface area contributed by atoms with Gasteiger partial charge in [-0.05, 0) is 32.1 Å². The van der Waals surface area contributed by atoms with Crippen LogP contribution in [0.15, 0.2) is 53.9 Å². The second kappa shape index (κ2) is 11.7. The van der Waals surface area contributed by atoms with Crippen molar-refractivity contribution in [1.82, 2.24) is 5.32 Å². The summed E-state index contributed by atoms with van der Waals surface area (Å²) >= 11 is 0. The Bertz CT molecular complexity index is 686. The molecule has 0 spiro atoms. The molecule has 0 heterocycles. The number of ether oxygens (including phenoxy) is 2. The van der Waals surface area contributed by atoms with E-state index >= 15 is 0 Å². The standard InChI is InChI=1S/C17H19N3O3.ClH.Zn/c1-3-22-15-11-14(20-18)16(23-4-2)10-13(15)19-17(21)12-8-6-5-7-9-12;;/h5-11,16H,3-4H2,1-2H3,(H,19,21);1H;/q;;+2/p-1. The minimum Gasteiger partial charge on any atom is -1.00 e. The molecule has 0 aliphatic heterocycles. The molecule has 0 aromatic heterocycles. The Hall–Kier alpha value is -1.78. The molecule has 6 nitrogen and oxygen atoms in total. The largest absolute Gasteiger partial charge is 2.00 e.